The van der Waals surface area contributed by atoms with Crippen molar-refractivity contribution in [3.05, 3.63) is 24.3 Å². The second kappa shape index (κ2) is 3.34. The van der Waals surface area contributed by atoms with Crippen LogP contribution in [0.2, 0.25) is 0 Å². The Bertz CT molecular complexity index is 389. The van der Waals surface area contributed by atoms with Gasteiger partial charge in [0.05, 0.1) is 0 Å². The highest BCUT2D eigenvalue weighted by atomic mass is 16.1. The van der Waals surface area contributed by atoms with Gasteiger partial charge in [0.15, 0.2) is 0 Å². The molecule has 4 aliphatic rings. The van der Waals surface area contributed by atoms with Gasteiger partial charge in [-0.25, -0.2) is 0 Å². The minimum Gasteiger partial charge on any atom is -0.299 e. The maximum Gasteiger partial charge on any atom is 0.143 e. The first kappa shape index (κ1) is 10.1. The summed E-state index contributed by atoms with van der Waals surface area (Å²) in [6.07, 6.45) is 16.5. The van der Waals surface area contributed by atoms with Crippen molar-refractivity contribution >= 4 is 5.78 Å². The lowest BCUT2D eigenvalue weighted by atomic mass is 9.44. The minimum atomic E-state index is 0.0324. The first-order valence-corrected chi connectivity index (χ1v) is 7.21. The van der Waals surface area contributed by atoms with Crippen LogP contribution in [0, 0.1) is 29.1 Å². The molecule has 2 atom stereocenters. The van der Waals surface area contributed by atoms with Crippen molar-refractivity contribution in [2.45, 2.75) is 38.5 Å². The predicted molar refractivity (Wildman–Crippen MR) is 67.4 cm³/mol. The zero-order valence-electron chi connectivity index (χ0n) is 10.3. The predicted octanol–water partition coefficient (Wildman–Crippen LogP) is 3.51. The van der Waals surface area contributed by atoms with E-state index in [2.05, 4.69) is 24.3 Å². The van der Waals surface area contributed by atoms with E-state index in [4.69, 9.17) is 0 Å². The third kappa shape index (κ3) is 1.08. The number of carbonyl (C=O) groups excluding carboxylic acids is 1. The summed E-state index contributed by atoms with van der Waals surface area (Å²) in [6.45, 7) is 0. The van der Waals surface area contributed by atoms with E-state index >= 15 is 0 Å². The van der Waals surface area contributed by atoms with E-state index in [0.717, 1.165) is 25.7 Å². The molecule has 0 N–H and O–H groups in total. The van der Waals surface area contributed by atoms with Crippen molar-refractivity contribution < 1.29 is 4.79 Å². The molecular weight excluding hydrogens is 208 g/mol. The van der Waals surface area contributed by atoms with Gasteiger partial charge >= 0.3 is 0 Å². The van der Waals surface area contributed by atoms with Gasteiger partial charge in [0, 0.05) is 11.3 Å². The van der Waals surface area contributed by atoms with Crippen LogP contribution >= 0.6 is 0 Å². The summed E-state index contributed by atoms with van der Waals surface area (Å²) in [5.74, 6) is 2.77. The van der Waals surface area contributed by atoms with Gasteiger partial charge in [-0.15, -0.1) is 0 Å². The lowest BCUT2D eigenvalue weighted by molar-refractivity contribution is -0.155. The normalized spacial score (nSPS) is 51.2. The number of rotatable bonds is 0. The van der Waals surface area contributed by atoms with Crippen molar-refractivity contribution in [3.8, 4) is 0 Å². The highest BCUT2D eigenvalue weighted by Gasteiger charge is 2.61. The van der Waals surface area contributed by atoms with Gasteiger partial charge in [-0.1, -0.05) is 24.3 Å². The van der Waals surface area contributed by atoms with Gasteiger partial charge in [-0.3, -0.25) is 4.79 Å². The number of hydrogen-bond donors (Lipinski definition) is 0. The molecule has 0 aromatic heterocycles. The van der Waals surface area contributed by atoms with Crippen molar-refractivity contribution in [1.29, 1.82) is 0 Å². The number of carbonyl (C=O) groups is 1. The van der Waals surface area contributed by atoms with E-state index in [1.807, 2.05) is 0 Å². The molecule has 0 radical (unpaired) electrons. The highest BCUT2D eigenvalue weighted by Crippen LogP contribution is 2.62. The molecule has 0 amide bonds. The van der Waals surface area contributed by atoms with Crippen LogP contribution in [0.5, 0.6) is 0 Å². The minimum absolute atomic E-state index is 0.0324. The molecule has 90 valence electrons. The number of ketones is 1. The van der Waals surface area contributed by atoms with Crippen LogP contribution < -0.4 is 0 Å². The topological polar surface area (TPSA) is 17.1 Å². The standard InChI is InChI=1S/C16H20O/c17-15-11-7-9-13-5-1-3-12-4-2-6-14(10-8-11)16(12,13)15/h1-2,5-6,11-14H,3-4,7-10H2. The molecule has 1 nitrogen and oxygen atoms in total. The first-order chi connectivity index (χ1) is 8.33. The van der Waals surface area contributed by atoms with Gasteiger partial charge in [0.25, 0.3) is 0 Å². The molecule has 0 aromatic rings. The molecule has 1 spiro atoms. The smallest absolute Gasteiger partial charge is 0.143 e. The van der Waals surface area contributed by atoms with Crippen LogP contribution in [0.3, 0.4) is 0 Å². The molecule has 0 saturated heterocycles. The Morgan fingerprint density at radius 1 is 0.941 bits per heavy atom. The van der Waals surface area contributed by atoms with Crippen LogP contribution in [0.15, 0.2) is 24.3 Å². The molecule has 0 aromatic carbocycles. The second-order valence-corrected chi connectivity index (χ2v) is 6.39. The van der Waals surface area contributed by atoms with Crippen LogP contribution in [0.4, 0.5) is 0 Å². The molecule has 17 heavy (non-hydrogen) atoms. The fourth-order valence-electron chi connectivity index (χ4n) is 5.26. The molecule has 2 unspecified atom stereocenters. The third-order valence-corrected chi connectivity index (χ3v) is 5.93. The van der Waals surface area contributed by atoms with Crippen LogP contribution in [0.25, 0.3) is 0 Å². The van der Waals surface area contributed by atoms with E-state index in [1.54, 1.807) is 0 Å². The summed E-state index contributed by atoms with van der Waals surface area (Å²) in [6, 6.07) is 0. The van der Waals surface area contributed by atoms with E-state index in [9.17, 15) is 4.79 Å². The van der Waals surface area contributed by atoms with Crippen molar-refractivity contribution in [3.63, 3.8) is 0 Å². The SMILES string of the molecule is O=C1C2CCC3C=CCC4CC=CC(CC2)C134. The average Bonchev–Trinajstić information content (AvgIpc) is 2.35. The van der Waals surface area contributed by atoms with E-state index in [0.29, 0.717) is 29.5 Å². The first-order valence-electron chi connectivity index (χ1n) is 7.21. The fraction of sp³-hybridized carbons (Fsp3) is 0.688. The number of Topliss-reactive ketones (excluding diaryl/α,β-unsaturated/α-hetero) is 1. The number of allylic oxidation sites excluding steroid dienone is 4. The maximum absolute atomic E-state index is 12.9. The zero-order valence-corrected chi connectivity index (χ0v) is 10.3. The van der Waals surface area contributed by atoms with E-state index in [1.165, 1.54) is 12.8 Å². The van der Waals surface area contributed by atoms with Crippen LogP contribution in [-0.4, -0.2) is 5.78 Å². The van der Waals surface area contributed by atoms with E-state index in [-0.39, 0.29) is 5.41 Å². The largest absolute Gasteiger partial charge is 0.299 e. The quantitative estimate of drug-likeness (QED) is 0.580. The molecule has 2 fully saturated rings. The second-order valence-electron chi connectivity index (χ2n) is 6.39. The number of hydrogen-bond acceptors (Lipinski definition) is 1. The molecule has 4 rings (SSSR count). The van der Waals surface area contributed by atoms with Gasteiger partial charge in [-0.05, 0) is 56.3 Å². The van der Waals surface area contributed by atoms with Crippen molar-refractivity contribution in [1.82, 2.24) is 0 Å². The Morgan fingerprint density at radius 2 is 1.53 bits per heavy atom. The van der Waals surface area contributed by atoms with Gasteiger partial charge < -0.3 is 0 Å². The summed E-state index contributed by atoms with van der Waals surface area (Å²) in [4.78, 5) is 12.9. The Balaban J connectivity index is 1.91. The monoisotopic (exact) mass is 228 g/mol. The molecule has 4 aliphatic carbocycles. The van der Waals surface area contributed by atoms with Crippen LogP contribution in [-0.2, 0) is 4.79 Å². The third-order valence-electron chi connectivity index (χ3n) is 5.93. The Labute approximate surface area is 103 Å². The lowest BCUT2D eigenvalue weighted by Crippen LogP contribution is -2.59. The Kier molecular flexibility index (Phi) is 1.98. The fourth-order valence-corrected chi connectivity index (χ4v) is 5.26. The van der Waals surface area contributed by atoms with Gasteiger partial charge in [-0.2, -0.15) is 0 Å². The summed E-state index contributed by atoms with van der Waals surface area (Å²) in [5.41, 5.74) is 0.0324. The van der Waals surface area contributed by atoms with Crippen molar-refractivity contribution in [2.75, 3.05) is 0 Å². The van der Waals surface area contributed by atoms with E-state index < -0.39 is 0 Å². The highest BCUT2D eigenvalue weighted by molar-refractivity contribution is 5.90. The molecule has 2 bridgehead atoms. The zero-order chi connectivity index (χ0) is 11.5. The summed E-state index contributed by atoms with van der Waals surface area (Å²) in [5, 5.41) is 0. The molecule has 0 heterocycles. The summed E-state index contributed by atoms with van der Waals surface area (Å²) >= 11 is 0. The van der Waals surface area contributed by atoms with Gasteiger partial charge in [0.1, 0.15) is 5.78 Å². The average molecular weight is 228 g/mol. The Hall–Kier alpha value is -0.850. The lowest BCUT2D eigenvalue weighted by Gasteiger charge is -2.58. The molecular formula is C16H20O. The number of fused-ring (bicyclic) bond motifs is 1. The summed E-state index contributed by atoms with van der Waals surface area (Å²) in [7, 11) is 0. The molecule has 0 aliphatic heterocycles. The Morgan fingerprint density at radius 3 is 2.12 bits per heavy atom. The molecule has 1 heteroatoms. The molecule has 2 saturated carbocycles. The maximum atomic E-state index is 12.9. The van der Waals surface area contributed by atoms with Gasteiger partial charge in [0.2, 0.25) is 0 Å². The van der Waals surface area contributed by atoms with Crippen LogP contribution in [0.1, 0.15) is 38.5 Å². The summed E-state index contributed by atoms with van der Waals surface area (Å²) < 4.78 is 0. The van der Waals surface area contributed by atoms with Crippen molar-refractivity contribution in [2.24, 2.45) is 29.1 Å².